The molecule has 0 saturated heterocycles. The van der Waals surface area contributed by atoms with Gasteiger partial charge in [-0.3, -0.25) is 4.79 Å². The average Bonchev–Trinajstić information content (AvgIpc) is 2.81. The number of allylic oxidation sites excluding steroid dienone is 4. The summed E-state index contributed by atoms with van der Waals surface area (Å²) in [4.78, 5) is 25.3. The molecule has 8 heteroatoms. The van der Waals surface area contributed by atoms with Gasteiger partial charge >= 0.3 is 6.16 Å². The molecule has 1 fully saturated rings. The van der Waals surface area contributed by atoms with Gasteiger partial charge in [0, 0.05) is 18.4 Å². The van der Waals surface area contributed by atoms with Crippen LogP contribution >= 0.6 is 0 Å². The monoisotopic (exact) mass is 475 g/mol. The smallest absolute Gasteiger partial charge is 0.438 e. The molecule has 1 unspecified atom stereocenters. The van der Waals surface area contributed by atoms with Gasteiger partial charge in [-0.1, -0.05) is 32.6 Å². The zero-order valence-corrected chi connectivity index (χ0v) is 21.1. The third-order valence-electron chi connectivity index (χ3n) is 7.26. The lowest BCUT2D eigenvalue weighted by molar-refractivity contribution is -0.171. The van der Waals surface area contributed by atoms with E-state index in [0.717, 1.165) is 11.1 Å². The lowest BCUT2D eigenvalue weighted by atomic mass is 9.54. The highest BCUT2D eigenvalue weighted by molar-refractivity contribution is 5.86. The Morgan fingerprint density at radius 2 is 2.00 bits per heavy atom. The minimum Gasteiger partial charge on any atom is -0.438 e. The first-order valence-electron chi connectivity index (χ1n) is 11.6. The summed E-state index contributed by atoms with van der Waals surface area (Å²) < 4.78 is 22.1. The zero-order chi connectivity index (χ0) is 25.7. The molecule has 0 aromatic carbocycles. The molecule has 0 aromatic rings. The van der Waals surface area contributed by atoms with Crippen molar-refractivity contribution in [3.05, 3.63) is 35.5 Å². The van der Waals surface area contributed by atoms with E-state index in [2.05, 4.69) is 12.6 Å². The second-order valence-corrected chi connectivity index (χ2v) is 9.55. The van der Waals surface area contributed by atoms with E-state index in [4.69, 9.17) is 18.9 Å². The summed E-state index contributed by atoms with van der Waals surface area (Å²) in [5, 5.41) is 21.2. The molecule has 34 heavy (non-hydrogen) atoms. The van der Waals surface area contributed by atoms with Crippen molar-refractivity contribution in [1.29, 1.82) is 5.26 Å². The van der Waals surface area contributed by atoms with Crippen LogP contribution in [-0.4, -0.2) is 62.3 Å². The quantitative estimate of drug-likeness (QED) is 0.394. The highest BCUT2D eigenvalue weighted by atomic mass is 16.7. The van der Waals surface area contributed by atoms with E-state index in [0.29, 0.717) is 12.2 Å². The van der Waals surface area contributed by atoms with Crippen molar-refractivity contribution >= 4 is 11.9 Å². The van der Waals surface area contributed by atoms with Crippen LogP contribution in [0, 0.1) is 28.1 Å². The van der Waals surface area contributed by atoms with Crippen molar-refractivity contribution in [2.24, 2.45) is 16.7 Å². The standard InChI is InChI=1S/C26H37NO7/c1-8-32-13-14-33-26(15-27,20-11-9-17(2)18(3)24(20,4)5)22-19(34-23(30)31-7)10-12-21(29)25(22,6)16-28/h9,11,19,22,28H,3,8,10,12-14,16H2,1-2,4-7H3/t19-,22+,25+,26?/m0/s1. The Morgan fingerprint density at radius 1 is 1.32 bits per heavy atom. The number of aliphatic hydroxyl groups excluding tert-OH is 1. The van der Waals surface area contributed by atoms with Crippen LogP contribution in [0.1, 0.15) is 47.5 Å². The minimum atomic E-state index is -1.73. The molecule has 8 nitrogen and oxygen atoms in total. The molecular weight excluding hydrogens is 438 g/mol. The Kier molecular flexibility index (Phi) is 8.86. The highest BCUT2D eigenvalue weighted by Crippen LogP contribution is 2.55. The molecular formula is C26H37NO7. The van der Waals surface area contributed by atoms with Crippen molar-refractivity contribution < 1.29 is 33.6 Å². The number of hydrogen-bond donors (Lipinski definition) is 1. The van der Waals surface area contributed by atoms with Crippen LogP contribution in [0.4, 0.5) is 4.79 Å². The lowest BCUT2D eigenvalue weighted by Crippen LogP contribution is -2.63. The molecule has 2 aliphatic rings. The number of aliphatic hydroxyl groups is 1. The second kappa shape index (κ2) is 10.9. The van der Waals surface area contributed by atoms with Crippen LogP contribution in [0.15, 0.2) is 35.5 Å². The zero-order valence-electron chi connectivity index (χ0n) is 21.1. The summed E-state index contributed by atoms with van der Waals surface area (Å²) in [6.45, 7) is 13.7. The van der Waals surface area contributed by atoms with E-state index >= 15 is 0 Å². The number of ether oxygens (including phenoxy) is 4. The molecule has 0 aliphatic heterocycles. The molecule has 0 heterocycles. The van der Waals surface area contributed by atoms with Gasteiger partial charge in [0.25, 0.3) is 0 Å². The topological polar surface area (TPSA) is 115 Å². The molecule has 1 N–H and O–H groups in total. The molecule has 188 valence electrons. The largest absolute Gasteiger partial charge is 0.508 e. The van der Waals surface area contributed by atoms with Crippen LogP contribution in [0.3, 0.4) is 0 Å². The summed E-state index contributed by atoms with van der Waals surface area (Å²) in [5.74, 6) is -1.24. The summed E-state index contributed by atoms with van der Waals surface area (Å²) in [6, 6.07) is 2.34. The summed E-state index contributed by atoms with van der Waals surface area (Å²) in [5.41, 5.74) is -1.52. The summed E-state index contributed by atoms with van der Waals surface area (Å²) in [7, 11) is 1.19. The Balaban J connectivity index is 2.80. The van der Waals surface area contributed by atoms with E-state index in [1.54, 1.807) is 6.92 Å². The van der Waals surface area contributed by atoms with Crippen molar-refractivity contribution in [2.75, 3.05) is 33.5 Å². The molecule has 2 rings (SSSR count). The summed E-state index contributed by atoms with van der Waals surface area (Å²) >= 11 is 0. The average molecular weight is 476 g/mol. The van der Waals surface area contributed by atoms with Crippen molar-refractivity contribution in [3.63, 3.8) is 0 Å². The number of methoxy groups -OCH3 is 1. The fraction of sp³-hybridized carbons (Fsp3) is 0.654. The molecule has 4 atom stereocenters. The Bertz CT molecular complexity index is 913. The van der Waals surface area contributed by atoms with Crippen LogP contribution < -0.4 is 0 Å². The predicted molar refractivity (Wildman–Crippen MR) is 126 cm³/mol. The van der Waals surface area contributed by atoms with Gasteiger partial charge in [-0.05, 0) is 43.9 Å². The van der Waals surface area contributed by atoms with Crippen LogP contribution in [0.5, 0.6) is 0 Å². The maximum absolute atomic E-state index is 13.2. The molecule has 1 saturated carbocycles. The van der Waals surface area contributed by atoms with Gasteiger partial charge in [0.2, 0.25) is 0 Å². The fourth-order valence-corrected chi connectivity index (χ4v) is 5.17. The van der Waals surface area contributed by atoms with E-state index < -0.39 is 41.2 Å². The number of Topliss-reactive ketones (excluding diaryl/α,β-unsaturated/α-hetero) is 1. The Morgan fingerprint density at radius 3 is 2.56 bits per heavy atom. The van der Waals surface area contributed by atoms with E-state index in [-0.39, 0.29) is 31.8 Å². The normalized spacial score (nSPS) is 28.3. The third-order valence-corrected chi connectivity index (χ3v) is 7.26. The molecule has 0 bridgehead atoms. The first kappa shape index (κ1) is 27.8. The van der Waals surface area contributed by atoms with Crippen LogP contribution in [0.2, 0.25) is 0 Å². The molecule has 0 spiro atoms. The van der Waals surface area contributed by atoms with Gasteiger partial charge in [-0.2, -0.15) is 5.26 Å². The van der Waals surface area contributed by atoms with E-state index in [1.807, 2.05) is 39.8 Å². The first-order valence-corrected chi connectivity index (χ1v) is 11.6. The van der Waals surface area contributed by atoms with Crippen molar-refractivity contribution in [2.45, 2.75) is 59.2 Å². The van der Waals surface area contributed by atoms with Crippen LogP contribution in [0.25, 0.3) is 0 Å². The molecule has 0 aromatic heterocycles. The van der Waals surface area contributed by atoms with Crippen molar-refractivity contribution in [3.8, 4) is 6.07 Å². The van der Waals surface area contributed by atoms with Gasteiger partial charge in [0.15, 0.2) is 5.60 Å². The molecule has 0 amide bonds. The predicted octanol–water partition coefficient (Wildman–Crippen LogP) is 3.90. The molecule has 0 radical (unpaired) electrons. The number of nitriles is 1. The van der Waals surface area contributed by atoms with Gasteiger partial charge in [-0.25, -0.2) is 4.79 Å². The summed E-state index contributed by atoms with van der Waals surface area (Å²) in [6.07, 6.45) is 2.10. The Hall–Kier alpha value is -2.47. The SMILES string of the molecule is C=C1C(C)=CC=C(C(C#N)(OCCOCC)[C@@H]2[C@@H](OC(=O)OC)CCC(=O)[C@@]2(C)CO)C1(C)C. The Labute approximate surface area is 202 Å². The first-order chi connectivity index (χ1) is 16.0. The fourth-order valence-electron chi connectivity index (χ4n) is 5.17. The van der Waals surface area contributed by atoms with Crippen molar-refractivity contribution in [1.82, 2.24) is 0 Å². The second-order valence-electron chi connectivity index (χ2n) is 9.55. The van der Waals surface area contributed by atoms with Crippen LogP contribution in [-0.2, 0) is 23.7 Å². The van der Waals surface area contributed by atoms with Gasteiger partial charge < -0.3 is 24.1 Å². The number of nitrogens with zero attached hydrogens (tertiary/aromatic N) is 1. The number of carbonyl (C=O) groups is 2. The van der Waals surface area contributed by atoms with E-state index in [1.165, 1.54) is 7.11 Å². The maximum Gasteiger partial charge on any atom is 0.508 e. The number of hydrogen-bond acceptors (Lipinski definition) is 8. The van der Waals surface area contributed by atoms with E-state index in [9.17, 15) is 20.0 Å². The molecule has 2 aliphatic carbocycles. The van der Waals surface area contributed by atoms with Gasteiger partial charge in [0.05, 0.1) is 38.3 Å². The van der Waals surface area contributed by atoms with Gasteiger partial charge in [-0.15, -0.1) is 0 Å². The minimum absolute atomic E-state index is 0.0567. The highest BCUT2D eigenvalue weighted by Gasteiger charge is 2.63. The number of ketones is 1. The lowest BCUT2D eigenvalue weighted by Gasteiger charge is -2.53. The number of rotatable bonds is 9. The number of carbonyl (C=O) groups excluding carboxylic acids is 2. The maximum atomic E-state index is 13.2. The third kappa shape index (κ3) is 4.83. The van der Waals surface area contributed by atoms with Gasteiger partial charge in [0.1, 0.15) is 18.0 Å².